The highest BCUT2D eigenvalue weighted by atomic mass is 15.3. The molecule has 5 heteroatoms. The summed E-state index contributed by atoms with van der Waals surface area (Å²) >= 11 is 0. The number of aryl methyl sites for hydroxylation is 2. The van der Waals surface area contributed by atoms with E-state index < -0.39 is 0 Å². The van der Waals surface area contributed by atoms with E-state index in [4.69, 9.17) is 4.98 Å². The van der Waals surface area contributed by atoms with Crippen molar-refractivity contribution in [3.05, 3.63) is 23.8 Å². The smallest absolute Gasteiger partial charge is 0.133 e. The second kappa shape index (κ2) is 6.50. The van der Waals surface area contributed by atoms with Gasteiger partial charge in [-0.15, -0.1) is 0 Å². The molecule has 0 aromatic carbocycles. The quantitative estimate of drug-likeness (QED) is 0.879. The maximum atomic E-state index is 4.71. The molecule has 0 aliphatic rings. The molecular formula is C15H23N5. The van der Waals surface area contributed by atoms with Crippen LogP contribution in [0.4, 0.5) is 5.82 Å². The summed E-state index contributed by atoms with van der Waals surface area (Å²) in [6.07, 6.45) is 6.96. The third kappa shape index (κ3) is 2.98. The second-order valence-corrected chi connectivity index (χ2v) is 4.95. The van der Waals surface area contributed by atoms with E-state index in [2.05, 4.69) is 35.4 Å². The number of hydrogen-bond donors (Lipinski definition) is 1. The lowest BCUT2D eigenvalue weighted by molar-refractivity contribution is 0.603. The van der Waals surface area contributed by atoms with Crippen LogP contribution in [0.3, 0.4) is 0 Å². The van der Waals surface area contributed by atoms with Crippen molar-refractivity contribution >= 4 is 5.82 Å². The van der Waals surface area contributed by atoms with Crippen molar-refractivity contribution in [2.24, 2.45) is 0 Å². The van der Waals surface area contributed by atoms with Gasteiger partial charge in [0.05, 0.1) is 11.9 Å². The molecule has 0 aliphatic carbocycles. The van der Waals surface area contributed by atoms with Crippen LogP contribution >= 0.6 is 0 Å². The van der Waals surface area contributed by atoms with Gasteiger partial charge in [0.15, 0.2) is 0 Å². The van der Waals surface area contributed by atoms with Gasteiger partial charge >= 0.3 is 0 Å². The minimum absolute atomic E-state index is 0.890. The number of rotatable bonds is 6. The molecule has 20 heavy (non-hydrogen) atoms. The molecule has 2 rings (SSSR count). The van der Waals surface area contributed by atoms with E-state index in [-0.39, 0.29) is 0 Å². The van der Waals surface area contributed by atoms with E-state index in [1.807, 2.05) is 24.9 Å². The van der Waals surface area contributed by atoms with Gasteiger partial charge in [0.2, 0.25) is 0 Å². The fourth-order valence-corrected chi connectivity index (χ4v) is 2.26. The third-order valence-electron chi connectivity index (χ3n) is 3.26. The molecule has 108 valence electrons. The van der Waals surface area contributed by atoms with Gasteiger partial charge in [-0.3, -0.25) is 4.68 Å². The first-order valence-corrected chi connectivity index (χ1v) is 7.27. The normalized spacial score (nSPS) is 10.8. The average Bonchev–Trinajstić information content (AvgIpc) is 2.89. The number of nitrogens with one attached hydrogen (secondary N) is 1. The molecule has 2 heterocycles. The maximum Gasteiger partial charge on any atom is 0.133 e. The molecule has 0 saturated heterocycles. The van der Waals surface area contributed by atoms with E-state index in [1.54, 1.807) is 0 Å². The van der Waals surface area contributed by atoms with Crippen LogP contribution in [0.15, 0.2) is 12.4 Å². The van der Waals surface area contributed by atoms with E-state index in [0.29, 0.717) is 0 Å². The van der Waals surface area contributed by atoms with Gasteiger partial charge in [-0.1, -0.05) is 13.8 Å². The third-order valence-corrected chi connectivity index (χ3v) is 3.26. The SMILES string of the molecule is CCCc1nc(NC)c(C)c(-c2cnn(CCC)c2)n1. The summed E-state index contributed by atoms with van der Waals surface area (Å²) in [6.45, 7) is 7.27. The topological polar surface area (TPSA) is 55.6 Å². The standard InChI is InChI=1S/C15H23N5/c1-5-7-13-18-14(11(3)15(16-4)19-13)12-9-17-20(10-12)8-6-2/h9-10H,5-8H2,1-4H3,(H,16,18,19). The fourth-order valence-electron chi connectivity index (χ4n) is 2.26. The summed E-state index contributed by atoms with van der Waals surface area (Å²) in [5, 5.41) is 7.55. The molecule has 1 N–H and O–H groups in total. The van der Waals surface area contributed by atoms with Crippen LogP contribution in [0.5, 0.6) is 0 Å². The van der Waals surface area contributed by atoms with Crippen molar-refractivity contribution in [2.45, 2.75) is 46.6 Å². The van der Waals surface area contributed by atoms with E-state index in [9.17, 15) is 0 Å². The van der Waals surface area contributed by atoms with Gasteiger partial charge < -0.3 is 5.32 Å². The predicted molar refractivity (Wildman–Crippen MR) is 81.8 cm³/mol. The Morgan fingerprint density at radius 2 is 2.00 bits per heavy atom. The monoisotopic (exact) mass is 273 g/mol. The molecule has 0 fully saturated rings. The minimum Gasteiger partial charge on any atom is -0.373 e. The van der Waals surface area contributed by atoms with Crippen molar-refractivity contribution in [3.8, 4) is 11.3 Å². The van der Waals surface area contributed by atoms with E-state index in [0.717, 1.165) is 54.3 Å². The lowest BCUT2D eigenvalue weighted by Gasteiger charge is -2.10. The highest BCUT2D eigenvalue weighted by Crippen LogP contribution is 2.25. The maximum absolute atomic E-state index is 4.71. The molecule has 0 spiro atoms. The summed E-state index contributed by atoms with van der Waals surface area (Å²) < 4.78 is 1.97. The van der Waals surface area contributed by atoms with Crippen LogP contribution in [0, 0.1) is 6.92 Å². The Morgan fingerprint density at radius 3 is 2.65 bits per heavy atom. The Kier molecular flexibility index (Phi) is 4.71. The highest BCUT2D eigenvalue weighted by molar-refractivity contribution is 5.67. The van der Waals surface area contributed by atoms with Crippen molar-refractivity contribution in [1.82, 2.24) is 19.7 Å². The van der Waals surface area contributed by atoms with Crippen LogP contribution in [0.25, 0.3) is 11.3 Å². The van der Waals surface area contributed by atoms with Gasteiger partial charge in [-0.2, -0.15) is 5.10 Å². The van der Waals surface area contributed by atoms with Crippen LogP contribution in [0.2, 0.25) is 0 Å². The molecule has 0 amide bonds. The molecule has 0 saturated carbocycles. The lowest BCUT2D eigenvalue weighted by atomic mass is 10.1. The van der Waals surface area contributed by atoms with Crippen LogP contribution < -0.4 is 5.32 Å². The van der Waals surface area contributed by atoms with Crippen LogP contribution in [-0.4, -0.2) is 26.8 Å². The molecule has 2 aromatic rings. The zero-order chi connectivity index (χ0) is 14.5. The summed E-state index contributed by atoms with van der Waals surface area (Å²) in [5.74, 6) is 1.79. The molecule has 0 unspecified atom stereocenters. The van der Waals surface area contributed by atoms with Crippen LogP contribution in [0.1, 0.15) is 38.1 Å². The van der Waals surface area contributed by atoms with E-state index in [1.165, 1.54) is 0 Å². The van der Waals surface area contributed by atoms with Gasteiger partial charge in [-0.05, 0) is 19.8 Å². The zero-order valence-corrected chi connectivity index (χ0v) is 12.8. The molecule has 0 aliphatic heterocycles. The Hall–Kier alpha value is -1.91. The summed E-state index contributed by atoms with van der Waals surface area (Å²) in [6, 6.07) is 0. The Labute approximate surface area is 120 Å². The average molecular weight is 273 g/mol. The van der Waals surface area contributed by atoms with Gasteiger partial charge in [0.1, 0.15) is 11.6 Å². The lowest BCUT2D eigenvalue weighted by Crippen LogP contribution is -2.05. The van der Waals surface area contributed by atoms with Crippen LogP contribution in [-0.2, 0) is 13.0 Å². The van der Waals surface area contributed by atoms with Gasteiger partial charge in [0, 0.05) is 37.3 Å². The number of anilines is 1. The minimum atomic E-state index is 0.890. The fraction of sp³-hybridized carbons (Fsp3) is 0.533. The second-order valence-electron chi connectivity index (χ2n) is 4.95. The molecule has 0 atom stereocenters. The summed E-state index contributed by atoms with van der Waals surface area (Å²) in [4.78, 5) is 9.27. The predicted octanol–water partition coefficient (Wildman–Crippen LogP) is 3.05. The van der Waals surface area contributed by atoms with Crippen molar-refractivity contribution < 1.29 is 0 Å². The Morgan fingerprint density at radius 1 is 1.20 bits per heavy atom. The Bertz CT molecular complexity index is 574. The number of aromatic nitrogens is 4. The molecule has 2 aromatic heterocycles. The zero-order valence-electron chi connectivity index (χ0n) is 12.8. The molecular weight excluding hydrogens is 250 g/mol. The number of hydrogen-bond acceptors (Lipinski definition) is 4. The Balaban J connectivity index is 2.44. The van der Waals surface area contributed by atoms with Gasteiger partial charge in [0.25, 0.3) is 0 Å². The molecule has 0 radical (unpaired) electrons. The largest absolute Gasteiger partial charge is 0.373 e. The first-order chi connectivity index (χ1) is 9.69. The molecule has 0 bridgehead atoms. The summed E-state index contributed by atoms with van der Waals surface area (Å²) in [5.41, 5.74) is 3.12. The highest BCUT2D eigenvalue weighted by Gasteiger charge is 2.13. The van der Waals surface area contributed by atoms with E-state index >= 15 is 0 Å². The van der Waals surface area contributed by atoms with Crippen molar-refractivity contribution in [1.29, 1.82) is 0 Å². The number of nitrogens with zero attached hydrogens (tertiary/aromatic N) is 4. The van der Waals surface area contributed by atoms with Crippen molar-refractivity contribution in [2.75, 3.05) is 12.4 Å². The summed E-state index contributed by atoms with van der Waals surface area (Å²) in [7, 11) is 1.90. The first kappa shape index (κ1) is 14.5. The van der Waals surface area contributed by atoms with Gasteiger partial charge in [-0.25, -0.2) is 9.97 Å². The van der Waals surface area contributed by atoms with Crippen molar-refractivity contribution in [3.63, 3.8) is 0 Å². The first-order valence-electron chi connectivity index (χ1n) is 7.27. The molecule has 5 nitrogen and oxygen atoms in total.